The molecular weight excluding hydrogens is 200 g/mol. The number of nitrogens with zero attached hydrogens (tertiary/aromatic N) is 1. The fourth-order valence-electron chi connectivity index (χ4n) is 1.19. The first kappa shape index (κ1) is 8.72. The van der Waals surface area contributed by atoms with Gasteiger partial charge in [-0.3, -0.25) is 0 Å². The number of hydrogen-bond donors (Lipinski definition) is 1. The minimum Gasteiger partial charge on any atom is -0.375 e. The molecule has 2 rings (SSSR count). The first-order valence-corrected chi connectivity index (χ1v) is 5.74. The molecule has 0 fully saturated rings. The van der Waals surface area contributed by atoms with Gasteiger partial charge in [-0.05, 0) is 29.3 Å². The third-order valence-corrected chi connectivity index (χ3v) is 3.57. The number of anilines is 1. The van der Waals surface area contributed by atoms with Crippen LogP contribution in [0, 0.1) is 6.92 Å². The van der Waals surface area contributed by atoms with Gasteiger partial charge in [0.15, 0.2) is 5.13 Å². The van der Waals surface area contributed by atoms with Crippen molar-refractivity contribution < 1.29 is 0 Å². The van der Waals surface area contributed by atoms with E-state index in [0.717, 1.165) is 12.1 Å². The van der Waals surface area contributed by atoms with E-state index in [9.17, 15) is 0 Å². The number of thiophene rings is 1. The predicted octanol–water partition coefficient (Wildman–Crippen LogP) is 2.69. The number of rotatable bonds is 2. The van der Waals surface area contributed by atoms with E-state index in [1.165, 1.54) is 10.4 Å². The largest absolute Gasteiger partial charge is 0.375 e. The van der Waals surface area contributed by atoms with Crippen molar-refractivity contribution in [3.8, 4) is 0 Å². The highest BCUT2D eigenvalue weighted by Gasteiger charge is 2.05. The second-order valence-corrected chi connectivity index (χ2v) is 4.76. The van der Waals surface area contributed by atoms with Gasteiger partial charge in [-0.1, -0.05) is 0 Å². The highest BCUT2D eigenvalue weighted by Crippen LogP contribution is 2.23. The average molecular weight is 210 g/mol. The number of nitrogen functional groups attached to an aromatic ring is 1. The Kier molecular flexibility index (Phi) is 2.33. The quantitative estimate of drug-likeness (QED) is 0.827. The number of nitrogens with two attached hydrogens (primary N) is 1. The van der Waals surface area contributed by atoms with Gasteiger partial charge in [-0.2, -0.15) is 11.3 Å². The predicted molar refractivity (Wildman–Crippen MR) is 58.4 cm³/mol. The van der Waals surface area contributed by atoms with Gasteiger partial charge in [0, 0.05) is 11.3 Å². The van der Waals surface area contributed by atoms with Crippen LogP contribution < -0.4 is 5.73 Å². The molecule has 2 nitrogen and oxygen atoms in total. The molecule has 0 aromatic carbocycles. The summed E-state index contributed by atoms with van der Waals surface area (Å²) in [6.07, 6.45) is 0.962. The van der Waals surface area contributed by atoms with E-state index >= 15 is 0 Å². The zero-order valence-corrected chi connectivity index (χ0v) is 8.91. The fourth-order valence-corrected chi connectivity index (χ4v) is 2.73. The zero-order chi connectivity index (χ0) is 9.26. The number of hydrogen-bond acceptors (Lipinski definition) is 4. The topological polar surface area (TPSA) is 38.9 Å². The highest BCUT2D eigenvalue weighted by molar-refractivity contribution is 7.15. The monoisotopic (exact) mass is 210 g/mol. The molecule has 0 spiro atoms. The molecule has 0 saturated heterocycles. The molecule has 0 saturated carbocycles. The van der Waals surface area contributed by atoms with Crippen LogP contribution in [0.5, 0.6) is 0 Å². The third kappa shape index (κ3) is 1.89. The van der Waals surface area contributed by atoms with Crippen LogP contribution >= 0.6 is 22.7 Å². The maximum Gasteiger partial charge on any atom is 0.180 e. The van der Waals surface area contributed by atoms with Crippen LogP contribution in [-0.2, 0) is 6.42 Å². The molecule has 2 heterocycles. The Morgan fingerprint density at radius 2 is 2.38 bits per heavy atom. The Balaban J connectivity index is 2.23. The summed E-state index contributed by atoms with van der Waals surface area (Å²) in [7, 11) is 0. The van der Waals surface area contributed by atoms with Crippen LogP contribution in [0.1, 0.15) is 16.1 Å². The summed E-state index contributed by atoms with van der Waals surface area (Å²) in [4.78, 5) is 5.47. The first-order valence-electron chi connectivity index (χ1n) is 3.98. The lowest BCUT2D eigenvalue weighted by Crippen LogP contribution is -1.84. The second kappa shape index (κ2) is 3.47. The molecule has 0 unspecified atom stereocenters. The van der Waals surface area contributed by atoms with E-state index in [-0.39, 0.29) is 0 Å². The SMILES string of the molecule is Cc1nc(N)sc1Cc1ccsc1. The summed E-state index contributed by atoms with van der Waals surface area (Å²) in [6.45, 7) is 2.01. The molecule has 2 aromatic rings. The van der Waals surface area contributed by atoms with Gasteiger partial charge in [0.25, 0.3) is 0 Å². The van der Waals surface area contributed by atoms with E-state index < -0.39 is 0 Å². The number of aromatic nitrogens is 1. The van der Waals surface area contributed by atoms with E-state index in [4.69, 9.17) is 5.73 Å². The maximum absolute atomic E-state index is 5.62. The lowest BCUT2D eigenvalue weighted by atomic mass is 10.2. The molecular formula is C9H10N2S2. The lowest BCUT2D eigenvalue weighted by Gasteiger charge is -1.93. The molecule has 0 amide bonds. The van der Waals surface area contributed by atoms with Gasteiger partial charge in [-0.15, -0.1) is 11.3 Å². The summed E-state index contributed by atoms with van der Waals surface area (Å²) in [5, 5.41) is 4.92. The van der Waals surface area contributed by atoms with Crippen molar-refractivity contribution in [2.24, 2.45) is 0 Å². The van der Waals surface area contributed by atoms with Crippen molar-refractivity contribution in [3.63, 3.8) is 0 Å². The molecule has 0 atom stereocenters. The normalized spacial score (nSPS) is 10.5. The third-order valence-electron chi connectivity index (χ3n) is 1.85. The Labute approximate surface area is 85.1 Å². The van der Waals surface area contributed by atoms with Gasteiger partial charge in [0.05, 0.1) is 5.69 Å². The molecule has 68 valence electrons. The zero-order valence-electron chi connectivity index (χ0n) is 7.28. The average Bonchev–Trinajstić information content (AvgIpc) is 2.63. The fraction of sp³-hybridized carbons (Fsp3) is 0.222. The number of aryl methyl sites for hydroxylation is 1. The van der Waals surface area contributed by atoms with Crippen molar-refractivity contribution in [3.05, 3.63) is 33.0 Å². The van der Waals surface area contributed by atoms with Crippen LogP contribution in [0.3, 0.4) is 0 Å². The van der Waals surface area contributed by atoms with E-state index in [0.29, 0.717) is 5.13 Å². The van der Waals surface area contributed by atoms with Crippen LogP contribution in [0.25, 0.3) is 0 Å². The molecule has 0 aliphatic heterocycles. The summed E-state index contributed by atoms with van der Waals surface area (Å²) in [5.41, 5.74) is 8.03. The molecule has 2 N–H and O–H groups in total. The first-order chi connectivity index (χ1) is 6.25. The summed E-state index contributed by atoms with van der Waals surface area (Å²) < 4.78 is 0. The second-order valence-electron chi connectivity index (χ2n) is 2.87. The maximum atomic E-state index is 5.62. The van der Waals surface area contributed by atoms with Crippen LogP contribution in [0.4, 0.5) is 5.13 Å². The van der Waals surface area contributed by atoms with Gasteiger partial charge >= 0.3 is 0 Å². The Hall–Kier alpha value is -0.870. The Morgan fingerprint density at radius 3 is 2.92 bits per heavy atom. The van der Waals surface area contributed by atoms with Crippen LogP contribution in [-0.4, -0.2) is 4.98 Å². The van der Waals surface area contributed by atoms with Crippen LogP contribution in [0.2, 0.25) is 0 Å². The summed E-state index contributed by atoms with van der Waals surface area (Å²) >= 11 is 3.31. The summed E-state index contributed by atoms with van der Waals surface area (Å²) in [6, 6.07) is 2.14. The van der Waals surface area contributed by atoms with Crippen molar-refractivity contribution in [2.45, 2.75) is 13.3 Å². The van der Waals surface area contributed by atoms with Gasteiger partial charge < -0.3 is 5.73 Å². The standard InChI is InChI=1S/C9H10N2S2/c1-6-8(13-9(10)11-6)4-7-2-3-12-5-7/h2-3,5H,4H2,1H3,(H2,10,11). The molecule has 0 aliphatic rings. The van der Waals surface area contributed by atoms with Crippen molar-refractivity contribution >= 4 is 27.8 Å². The Morgan fingerprint density at radius 1 is 1.54 bits per heavy atom. The van der Waals surface area contributed by atoms with Crippen molar-refractivity contribution in [1.82, 2.24) is 4.98 Å². The van der Waals surface area contributed by atoms with E-state index in [1.54, 1.807) is 22.7 Å². The van der Waals surface area contributed by atoms with E-state index in [2.05, 4.69) is 21.8 Å². The molecule has 2 aromatic heterocycles. The molecule has 0 bridgehead atoms. The van der Waals surface area contributed by atoms with Crippen molar-refractivity contribution in [2.75, 3.05) is 5.73 Å². The number of thiazole rings is 1. The highest BCUT2D eigenvalue weighted by atomic mass is 32.1. The molecule has 0 aliphatic carbocycles. The Bertz CT molecular complexity index is 390. The van der Waals surface area contributed by atoms with E-state index in [1.807, 2.05) is 6.92 Å². The van der Waals surface area contributed by atoms with Crippen molar-refractivity contribution in [1.29, 1.82) is 0 Å². The minimum absolute atomic E-state index is 0.669. The summed E-state index contributed by atoms with van der Waals surface area (Å²) in [5.74, 6) is 0. The lowest BCUT2D eigenvalue weighted by molar-refractivity contribution is 1.16. The van der Waals surface area contributed by atoms with Gasteiger partial charge in [0.2, 0.25) is 0 Å². The minimum atomic E-state index is 0.669. The molecule has 0 radical (unpaired) electrons. The van der Waals surface area contributed by atoms with Gasteiger partial charge in [-0.25, -0.2) is 4.98 Å². The smallest absolute Gasteiger partial charge is 0.180 e. The molecule has 4 heteroatoms. The van der Waals surface area contributed by atoms with Crippen LogP contribution in [0.15, 0.2) is 16.8 Å². The van der Waals surface area contributed by atoms with Gasteiger partial charge in [0.1, 0.15) is 0 Å². The molecule has 13 heavy (non-hydrogen) atoms.